The number of hydrogen-bond donors (Lipinski definition) is 0. The second kappa shape index (κ2) is 7.89. The summed E-state index contributed by atoms with van der Waals surface area (Å²) in [6, 6.07) is 9.25. The zero-order valence-electron chi connectivity index (χ0n) is 12.2. The highest BCUT2D eigenvalue weighted by atomic mass is 16.5. The van der Waals surface area contributed by atoms with Crippen LogP contribution >= 0.6 is 0 Å². The predicted molar refractivity (Wildman–Crippen MR) is 82.7 cm³/mol. The molecule has 0 fully saturated rings. The molecular weight excluding hydrogens is 268 g/mol. The normalized spacial score (nSPS) is 11.3. The van der Waals surface area contributed by atoms with Gasteiger partial charge in [-0.05, 0) is 49.7 Å². The highest BCUT2D eigenvalue weighted by molar-refractivity contribution is 5.82. The van der Waals surface area contributed by atoms with Gasteiger partial charge in [-0.15, -0.1) is 0 Å². The van der Waals surface area contributed by atoms with Gasteiger partial charge in [-0.25, -0.2) is 0 Å². The molecule has 0 spiro atoms. The van der Waals surface area contributed by atoms with E-state index < -0.39 is 0 Å². The highest BCUT2D eigenvalue weighted by Gasteiger charge is 2.04. The second-order valence-corrected chi connectivity index (χ2v) is 4.08. The molecule has 1 aromatic heterocycles. The topological polar surface area (TPSA) is 56.3 Å². The Hall–Kier alpha value is -2.56. The SMILES string of the molecule is CCOc1ccc(/C=N/N=C/c2ccco2)cc1OCC. The number of rotatable bonds is 7. The van der Waals surface area contributed by atoms with E-state index in [1.807, 2.05) is 38.1 Å². The van der Waals surface area contributed by atoms with Crippen LogP contribution < -0.4 is 9.47 Å². The molecule has 0 atom stereocenters. The number of hydrogen-bond acceptors (Lipinski definition) is 5. The predicted octanol–water partition coefficient (Wildman–Crippen LogP) is 3.53. The smallest absolute Gasteiger partial charge is 0.161 e. The van der Waals surface area contributed by atoms with Crippen molar-refractivity contribution in [1.82, 2.24) is 0 Å². The van der Waals surface area contributed by atoms with Crippen LogP contribution in [0.3, 0.4) is 0 Å². The fourth-order valence-electron chi connectivity index (χ4n) is 1.70. The van der Waals surface area contributed by atoms with Gasteiger partial charge in [0.05, 0.1) is 31.9 Å². The molecule has 0 unspecified atom stereocenters. The van der Waals surface area contributed by atoms with Crippen LogP contribution in [0.4, 0.5) is 0 Å². The van der Waals surface area contributed by atoms with Crippen LogP contribution in [0.15, 0.2) is 51.2 Å². The van der Waals surface area contributed by atoms with Crippen molar-refractivity contribution in [3.8, 4) is 11.5 Å². The summed E-state index contributed by atoms with van der Waals surface area (Å²) in [5.74, 6) is 2.10. The molecule has 1 heterocycles. The van der Waals surface area contributed by atoms with Gasteiger partial charge >= 0.3 is 0 Å². The van der Waals surface area contributed by atoms with Crippen LogP contribution in [0.1, 0.15) is 25.2 Å². The van der Waals surface area contributed by atoms with Crippen LogP contribution in [0.5, 0.6) is 11.5 Å². The quantitative estimate of drug-likeness (QED) is 0.578. The minimum Gasteiger partial charge on any atom is -0.490 e. The Morgan fingerprint density at radius 3 is 2.48 bits per heavy atom. The summed E-state index contributed by atoms with van der Waals surface area (Å²) in [5, 5.41) is 7.90. The molecule has 0 saturated carbocycles. The molecule has 0 saturated heterocycles. The van der Waals surface area contributed by atoms with Gasteiger partial charge in [0.15, 0.2) is 11.5 Å². The van der Waals surface area contributed by atoms with Crippen molar-refractivity contribution in [3.63, 3.8) is 0 Å². The summed E-state index contributed by atoms with van der Waals surface area (Å²) in [7, 11) is 0. The number of furan rings is 1. The van der Waals surface area contributed by atoms with E-state index in [4.69, 9.17) is 13.9 Å². The third-order valence-electron chi connectivity index (χ3n) is 2.57. The zero-order valence-corrected chi connectivity index (χ0v) is 12.2. The van der Waals surface area contributed by atoms with Crippen molar-refractivity contribution in [1.29, 1.82) is 0 Å². The molecule has 0 N–H and O–H groups in total. The average molecular weight is 286 g/mol. The Labute approximate surface area is 123 Å². The minimum atomic E-state index is 0.581. The summed E-state index contributed by atoms with van der Waals surface area (Å²) >= 11 is 0. The Bertz CT molecular complexity index is 604. The third kappa shape index (κ3) is 4.49. The van der Waals surface area contributed by atoms with E-state index >= 15 is 0 Å². The first-order valence-electron chi connectivity index (χ1n) is 6.83. The van der Waals surface area contributed by atoms with Crippen LogP contribution in [0.25, 0.3) is 0 Å². The van der Waals surface area contributed by atoms with Gasteiger partial charge in [-0.3, -0.25) is 0 Å². The third-order valence-corrected chi connectivity index (χ3v) is 2.57. The summed E-state index contributed by atoms with van der Waals surface area (Å²) in [6.45, 7) is 5.05. The molecule has 0 amide bonds. The van der Waals surface area contributed by atoms with E-state index in [2.05, 4.69) is 10.2 Å². The van der Waals surface area contributed by atoms with Gasteiger partial charge in [-0.2, -0.15) is 10.2 Å². The number of ether oxygens (including phenoxy) is 2. The van der Waals surface area contributed by atoms with E-state index in [0.29, 0.717) is 24.7 Å². The molecule has 5 nitrogen and oxygen atoms in total. The Kier molecular flexibility index (Phi) is 5.58. The van der Waals surface area contributed by atoms with Gasteiger partial charge in [0.2, 0.25) is 0 Å². The van der Waals surface area contributed by atoms with Crippen LogP contribution in [0.2, 0.25) is 0 Å². The maximum atomic E-state index is 5.56. The first kappa shape index (κ1) is 14.8. The molecule has 1 aromatic carbocycles. The number of benzene rings is 1. The van der Waals surface area contributed by atoms with Crippen molar-refractivity contribution < 1.29 is 13.9 Å². The van der Waals surface area contributed by atoms with Gasteiger partial charge in [0.1, 0.15) is 5.76 Å². The molecule has 0 radical (unpaired) electrons. The van der Waals surface area contributed by atoms with Gasteiger partial charge in [0.25, 0.3) is 0 Å². The fraction of sp³-hybridized carbons (Fsp3) is 0.250. The van der Waals surface area contributed by atoms with Crippen LogP contribution in [-0.4, -0.2) is 25.6 Å². The summed E-state index contributed by atoms with van der Waals surface area (Å²) < 4.78 is 16.2. The lowest BCUT2D eigenvalue weighted by molar-refractivity contribution is 0.288. The standard InChI is InChI=1S/C16H18N2O3/c1-3-19-15-8-7-13(10-16(15)20-4-2)11-17-18-12-14-6-5-9-21-14/h5-12H,3-4H2,1-2H3/b17-11+,18-12+. The maximum Gasteiger partial charge on any atom is 0.161 e. The average Bonchev–Trinajstić information content (AvgIpc) is 3.00. The molecule has 110 valence electrons. The first-order chi connectivity index (χ1) is 10.3. The van der Waals surface area contributed by atoms with Crippen molar-refractivity contribution in [2.45, 2.75) is 13.8 Å². The maximum absolute atomic E-state index is 5.56. The Morgan fingerprint density at radius 2 is 1.76 bits per heavy atom. The first-order valence-corrected chi connectivity index (χ1v) is 6.83. The summed E-state index contributed by atoms with van der Waals surface area (Å²) in [4.78, 5) is 0. The summed E-state index contributed by atoms with van der Waals surface area (Å²) in [5.41, 5.74) is 0.887. The summed E-state index contributed by atoms with van der Waals surface area (Å²) in [6.07, 6.45) is 4.79. The zero-order chi connectivity index (χ0) is 14.9. The Balaban J connectivity index is 2.07. The van der Waals surface area contributed by atoms with Crippen LogP contribution in [0, 0.1) is 0 Å². The molecule has 21 heavy (non-hydrogen) atoms. The van der Waals surface area contributed by atoms with Crippen molar-refractivity contribution in [2.75, 3.05) is 13.2 Å². The van der Waals surface area contributed by atoms with E-state index in [-0.39, 0.29) is 0 Å². The van der Waals surface area contributed by atoms with Crippen molar-refractivity contribution >= 4 is 12.4 Å². The van der Waals surface area contributed by atoms with Gasteiger partial charge < -0.3 is 13.9 Å². The van der Waals surface area contributed by atoms with Crippen molar-refractivity contribution in [2.24, 2.45) is 10.2 Å². The highest BCUT2D eigenvalue weighted by Crippen LogP contribution is 2.27. The van der Waals surface area contributed by atoms with Crippen molar-refractivity contribution in [3.05, 3.63) is 47.9 Å². The molecule has 5 heteroatoms. The molecule has 0 aliphatic heterocycles. The molecular formula is C16H18N2O3. The van der Waals surface area contributed by atoms with Gasteiger partial charge in [0, 0.05) is 0 Å². The largest absolute Gasteiger partial charge is 0.490 e. The Morgan fingerprint density at radius 1 is 1.00 bits per heavy atom. The lowest BCUT2D eigenvalue weighted by Gasteiger charge is -2.10. The van der Waals surface area contributed by atoms with E-state index in [1.54, 1.807) is 24.8 Å². The lowest BCUT2D eigenvalue weighted by atomic mass is 10.2. The molecule has 0 aliphatic carbocycles. The monoisotopic (exact) mass is 286 g/mol. The molecule has 2 rings (SSSR count). The lowest BCUT2D eigenvalue weighted by Crippen LogP contribution is -1.99. The van der Waals surface area contributed by atoms with Gasteiger partial charge in [-0.1, -0.05) is 0 Å². The van der Waals surface area contributed by atoms with E-state index in [9.17, 15) is 0 Å². The fourth-order valence-corrected chi connectivity index (χ4v) is 1.70. The number of nitrogens with zero attached hydrogens (tertiary/aromatic N) is 2. The minimum absolute atomic E-state index is 0.581. The molecule has 0 bridgehead atoms. The van der Waals surface area contributed by atoms with E-state index in [0.717, 1.165) is 11.3 Å². The van der Waals surface area contributed by atoms with E-state index in [1.165, 1.54) is 0 Å². The van der Waals surface area contributed by atoms with Crippen LogP contribution in [-0.2, 0) is 0 Å². The molecule has 2 aromatic rings. The second-order valence-electron chi connectivity index (χ2n) is 4.08. The molecule has 0 aliphatic rings.